The quantitative estimate of drug-likeness (QED) is 0.305. The molecular formula is C15H15BF4N5O3-. The molecular weight excluding hydrogens is 385 g/mol. The number of aromatic nitrogens is 2. The highest BCUT2D eigenvalue weighted by molar-refractivity contribution is 6.50. The molecule has 1 aliphatic carbocycles. The molecule has 0 fully saturated rings. The monoisotopic (exact) mass is 400 g/mol. The molecule has 0 amide bonds. The van der Waals surface area contributed by atoms with Crippen molar-refractivity contribution in [3.63, 3.8) is 0 Å². The zero-order valence-corrected chi connectivity index (χ0v) is 14.5. The Bertz CT molecular complexity index is 982. The molecule has 13 heteroatoms. The zero-order valence-electron chi connectivity index (χ0n) is 14.5. The van der Waals surface area contributed by atoms with Crippen molar-refractivity contribution in [3.05, 3.63) is 73.9 Å². The zero-order chi connectivity index (χ0) is 20.9. The van der Waals surface area contributed by atoms with Crippen LogP contribution in [0, 0.1) is 5.92 Å². The molecule has 3 N–H and O–H groups in total. The van der Waals surface area contributed by atoms with Crippen LogP contribution >= 0.6 is 0 Å². The van der Waals surface area contributed by atoms with E-state index in [1.165, 1.54) is 13.3 Å². The molecule has 1 aromatic rings. The summed E-state index contributed by atoms with van der Waals surface area (Å²) < 4.78 is 44.3. The molecule has 8 nitrogen and oxygen atoms in total. The summed E-state index contributed by atoms with van der Waals surface area (Å²) in [6.07, 6.45) is 9.12. The average Bonchev–Trinajstić information content (AvgIpc) is 2.62. The Hall–Kier alpha value is -3.34. The normalized spacial score (nSPS) is 20.5. The van der Waals surface area contributed by atoms with Crippen molar-refractivity contribution in [1.82, 2.24) is 15.3 Å². The molecule has 1 aromatic heterocycles. The number of hydrogen-bond donors (Lipinski definition) is 3. The standard InChI is InChI=1S/C15H15N5O3.BF4/c1-23-11-6-8(5-9-7-18-15(22)19-14(9)21)10-3-2-4-17-12(10)13(11)20-16;2-1(3,4)5/h2-4,6-8,12,17H,5H2,1H3,(H2,18,19,21,22);/q;-1. The Balaban J connectivity index is 0.000000500. The lowest BCUT2D eigenvalue weighted by Gasteiger charge is -2.29. The van der Waals surface area contributed by atoms with Gasteiger partial charge in [0.05, 0.1) is 7.11 Å². The molecule has 3 rings (SSSR count). The summed E-state index contributed by atoms with van der Waals surface area (Å²) in [5, 5.41) is 3.12. The summed E-state index contributed by atoms with van der Waals surface area (Å²) in [5.74, 6) is 0.313. The van der Waals surface area contributed by atoms with Crippen molar-refractivity contribution in [2.45, 2.75) is 12.5 Å². The smallest absolute Gasteiger partial charge is 0.490 e. The van der Waals surface area contributed by atoms with Gasteiger partial charge < -0.3 is 37.8 Å². The van der Waals surface area contributed by atoms with Gasteiger partial charge in [0.1, 0.15) is 0 Å². The van der Waals surface area contributed by atoms with Gasteiger partial charge in [-0.3, -0.25) is 9.78 Å². The topological polar surface area (TPSA) is 123 Å². The number of allylic oxidation sites excluding steroid dienone is 3. The van der Waals surface area contributed by atoms with E-state index in [1.807, 2.05) is 18.2 Å². The van der Waals surface area contributed by atoms with E-state index < -0.39 is 18.5 Å². The maximum atomic E-state index is 11.9. The van der Waals surface area contributed by atoms with E-state index in [0.717, 1.165) is 5.57 Å². The van der Waals surface area contributed by atoms with Gasteiger partial charge in [0.2, 0.25) is 5.76 Å². The lowest BCUT2D eigenvalue weighted by Crippen LogP contribution is -2.44. The van der Waals surface area contributed by atoms with Gasteiger partial charge in [-0.1, -0.05) is 6.08 Å². The minimum atomic E-state index is -6.00. The molecule has 28 heavy (non-hydrogen) atoms. The Kier molecular flexibility index (Phi) is 6.42. The Morgan fingerprint density at radius 2 is 1.96 bits per heavy atom. The summed E-state index contributed by atoms with van der Waals surface area (Å²) in [7, 11) is -4.51. The number of halogens is 4. The first-order valence-corrected chi connectivity index (χ1v) is 7.93. The number of nitrogens with one attached hydrogen (secondary N) is 3. The fourth-order valence-electron chi connectivity index (χ4n) is 2.87. The number of nitrogens with zero attached hydrogens (tertiary/aromatic N) is 2. The number of methoxy groups -OCH3 is 1. The first-order chi connectivity index (χ1) is 13.1. The molecule has 1 aliphatic heterocycles. The summed E-state index contributed by atoms with van der Waals surface area (Å²) >= 11 is 0. The molecule has 2 unspecified atom stereocenters. The van der Waals surface area contributed by atoms with Gasteiger partial charge in [-0.2, -0.15) is 4.79 Å². The van der Waals surface area contributed by atoms with Crippen LogP contribution in [-0.2, 0) is 11.2 Å². The molecule has 0 aromatic carbocycles. The van der Waals surface area contributed by atoms with Crippen molar-refractivity contribution in [3.8, 4) is 0 Å². The van der Waals surface area contributed by atoms with Crippen molar-refractivity contribution >= 4 is 13.0 Å². The molecule has 150 valence electrons. The number of H-pyrrole nitrogens is 2. The van der Waals surface area contributed by atoms with Crippen LogP contribution in [0.25, 0.3) is 5.53 Å². The van der Waals surface area contributed by atoms with E-state index in [-0.39, 0.29) is 12.0 Å². The highest BCUT2D eigenvalue weighted by Gasteiger charge is 2.40. The van der Waals surface area contributed by atoms with Gasteiger partial charge in [-0.25, -0.2) is 4.79 Å². The van der Waals surface area contributed by atoms with E-state index in [9.17, 15) is 32.4 Å². The average molecular weight is 400 g/mol. The number of aromatic amines is 2. The third kappa shape index (κ3) is 5.33. The Morgan fingerprint density at radius 1 is 1.29 bits per heavy atom. The van der Waals surface area contributed by atoms with E-state index in [2.05, 4.69) is 20.1 Å². The second-order valence-electron chi connectivity index (χ2n) is 5.75. The van der Waals surface area contributed by atoms with Gasteiger partial charge >= 0.3 is 18.7 Å². The largest absolute Gasteiger partial charge is 0.673 e. The van der Waals surface area contributed by atoms with Gasteiger partial charge in [0, 0.05) is 17.7 Å². The Morgan fingerprint density at radius 3 is 2.54 bits per heavy atom. The molecule has 0 saturated carbocycles. The summed E-state index contributed by atoms with van der Waals surface area (Å²) in [6, 6.07) is -0.322. The minimum Gasteiger partial charge on any atom is -0.490 e. The van der Waals surface area contributed by atoms with Crippen LogP contribution < -0.4 is 16.6 Å². The maximum Gasteiger partial charge on any atom is 0.673 e. The fourth-order valence-corrected chi connectivity index (χ4v) is 2.87. The van der Waals surface area contributed by atoms with Gasteiger partial charge in [0.25, 0.3) is 5.56 Å². The van der Waals surface area contributed by atoms with Crippen molar-refractivity contribution in [2.75, 3.05) is 7.11 Å². The van der Waals surface area contributed by atoms with Gasteiger partial charge in [-0.05, 0) is 30.3 Å². The van der Waals surface area contributed by atoms with E-state index in [4.69, 9.17) is 4.74 Å². The number of rotatable bonds is 3. The summed E-state index contributed by atoms with van der Waals surface area (Å²) in [6.45, 7) is 0. The molecule has 0 bridgehead atoms. The third-order valence-electron chi connectivity index (χ3n) is 3.95. The van der Waals surface area contributed by atoms with Crippen LogP contribution in [-0.4, -0.2) is 40.9 Å². The lowest BCUT2D eigenvalue weighted by atomic mass is 9.79. The predicted molar refractivity (Wildman–Crippen MR) is 92.9 cm³/mol. The van der Waals surface area contributed by atoms with Crippen molar-refractivity contribution in [2.24, 2.45) is 5.92 Å². The SMILES string of the molecule is COC1=CC(Cc2c[nH]c(=O)[nH]c2=O)C2=CC=CNC2C1=[N+]=[N-].F[B-](F)(F)F. The van der Waals surface area contributed by atoms with E-state index in [0.29, 0.717) is 23.5 Å². The van der Waals surface area contributed by atoms with Crippen LogP contribution in [0.4, 0.5) is 17.3 Å². The summed E-state index contributed by atoms with van der Waals surface area (Å²) in [4.78, 5) is 31.0. The van der Waals surface area contributed by atoms with E-state index in [1.54, 1.807) is 6.20 Å². The second kappa shape index (κ2) is 8.57. The van der Waals surface area contributed by atoms with Crippen LogP contribution in [0.5, 0.6) is 0 Å². The van der Waals surface area contributed by atoms with Crippen LogP contribution in [0.3, 0.4) is 0 Å². The third-order valence-corrected chi connectivity index (χ3v) is 3.95. The van der Waals surface area contributed by atoms with Crippen molar-refractivity contribution in [1.29, 1.82) is 0 Å². The van der Waals surface area contributed by atoms with Crippen molar-refractivity contribution < 1.29 is 26.8 Å². The van der Waals surface area contributed by atoms with Crippen LogP contribution in [0.15, 0.2) is 51.5 Å². The first-order valence-electron chi connectivity index (χ1n) is 7.93. The molecule has 2 heterocycles. The van der Waals surface area contributed by atoms with Gasteiger partial charge in [0.15, 0.2) is 6.04 Å². The Labute approximate surface area is 155 Å². The number of ether oxygens (including phenoxy) is 1. The van der Waals surface area contributed by atoms with Crippen LogP contribution in [0.2, 0.25) is 0 Å². The van der Waals surface area contributed by atoms with Crippen LogP contribution in [0.1, 0.15) is 5.56 Å². The molecule has 2 atom stereocenters. The predicted octanol–water partition coefficient (Wildman–Crippen LogP) is 1.15. The lowest BCUT2D eigenvalue weighted by molar-refractivity contribution is -0.0140. The van der Waals surface area contributed by atoms with Gasteiger partial charge in [-0.15, -0.1) is 0 Å². The van der Waals surface area contributed by atoms with E-state index >= 15 is 0 Å². The number of dihydropyridines is 1. The molecule has 0 spiro atoms. The highest BCUT2D eigenvalue weighted by Crippen LogP contribution is 2.30. The molecule has 0 saturated heterocycles. The number of hydrogen-bond acceptors (Lipinski definition) is 4. The minimum absolute atomic E-state index is 0.134. The highest BCUT2D eigenvalue weighted by atomic mass is 19.5. The second-order valence-corrected chi connectivity index (χ2v) is 5.75. The molecule has 0 radical (unpaired) electrons. The fraction of sp³-hybridized carbons (Fsp3) is 0.267. The number of fused-ring (bicyclic) bond motifs is 1. The summed E-state index contributed by atoms with van der Waals surface area (Å²) in [5.41, 5.74) is 10.1. The molecule has 2 aliphatic rings. The maximum absolute atomic E-state index is 11.9. The first kappa shape index (κ1) is 21.0.